The fraction of sp³-hybridized carbons (Fsp3) is 0.696. The Balaban J connectivity index is 1.68. The van der Waals surface area contributed by atoms with Gasteiger partial charge in [0.25, 0.3) is 0 Å². The number of nitrogens with zero attached hydrogens (tertiary/aromatic N) is 3. The minimum absolute atomic E-state index is 0.107. The molecule has 2 aliphatic rings. The summed E-state index contributed by atoms with van der Waals surface area (Å²) in [6.07, 6.45) is 2.07. The van der Waals surface area contributed by atoms with Crippen molar-refractivity contribution in [2.75, 3.05) is 45.8 Å². The van der Waals surface area contributed by atoms with Crippen LogP contribution in [0.2, 0.25) is 0 Å². The first-order valence-corrected chi connectivity index (χ1v) is 11.1. The van der Waals surface area contributed by atoms with Crippen molar-refractivity contribution in [2.45, 2.75) is 52.4 Å². The monoisotopic (exact) mass is 405 g/mol. The van der Waals surface area contributed by atoms with Crippen molar-refractivity contribution in [3.63, 3.8) is 0 Å². The summed E-state index contributed by atoms with van der Waals surface area (Å²) in [6.45, 7) is 12.5. The van der Waals surface area contributed by atoms with Crippen molar-refractivity contribution in [2.24, 2.45) is 5.92 Å². The van der Waals surface area contributed by atoms with E-state index in [1.54, 1.807) is 12.1 Å². The molecule has 0 aliphatic carbocycles. The lowest BCUT2D eigenvalue weighted by Crippen LogP contribution is -2.48. The van der Waals surface area contributed by atoms with Crippen LogP contribution in [0, 0.1) is 11.7 Å². The largest absolute Gasteiger partial charge is 0.370 e. The van der Waals surface area contributed by atoms with E-state index in [1.165, 1.54) is 6.07 Å². The number of carbonyl (C=O) groups is 1. The average Bonchev–Trinajstić information content (AvgIpc) is 2.86. The van der Waals surface area contributed by atoms with E-state index < -0.39 is 0 Å². The summed E-state index contributed by atoms with van der Waals surface area (Å²) in [6, 6.07) is 7.17. The lowest BCUT2D eigenvalue weighted by atomic mass is 10.0. The van der Waals surface area contributed by atoms with Crippen molar-refractivity contribution >= 4 is 5.91 Å². The van der Waals surface area contributed by atoms with E-state index >= 15 is 0 Å². The molecule has 29 heavy (non-hydrogen) atoms. The van der Waals surface area contributed by atoms with Gasteiger partial charge < -0.3 is 14.5 Å². The molecule has 0 unspecified atom stereocenters. The SMILES string of the molecule is CCN1CCC(N2CC(=O)N(CC(C)C)C[C@@H](OCc3ccccc3F)C2)CC1. The van der Waals surface area contributed by atoms with Gasteiger partial charge in [-0.2, -0.15) is 0 Å². The highest BCUT2D eigenvalue weighted by Crippen LogP contribution is 2.21. The predicted octanol–water partition coefficient (Wildman–Crippen LogP) is 3.00. The van der Waals surface area contributed by atoms with Gasteiger partial charge >= 0.3 is 0 Å². The zero-order chi connectivity index (χ0) is 20.8. The van der Waals surface area contributed by atoms with Crippen molar-refractivity contribution in [1.82, 2.24) is 14.7 Å². The van der Waals surface area contributed by atoms with Crippen molar-refractivity contribution in [1.29, 1.82) is 0 Å². The number of piperidine rings is 1. The molecule has 0 radical (unpaired) electrons. The Hall–Kier alpha value is -1.50. The maximum Gasteiger partial charge on any atom is 0.236 e. The molecule has 0 saturated carbocycles. The Morgan fingerprint density at radius 2 is 1.90 bits per heavy atom. The summed E-state index contributed by atoms with van der Waals surface area (Å²) in [7, 11) is 0. The number of hydrogen-bond acceptors (Lipinski definition) is 4. The van der Waals surface area contributed by atoms with Crippen LogP contribution < -0.4 is 0 Å². The fourth-order valence-corrected chi connectivity index (χ4v) is 4.43. The zero-order valence-electron chi connectivity index (χ0n) is 18.1. The highest BCUT2D eigenvalue weighted by atomic mass is 19.1. The topological polar surface area (TPSA) is 36.0 Å². The maximum absolute atomic E-state index is 14.0. The summed E-state index contributed by atoms with van der Waals surface area (Å²) < 4.78 is 20.2. The first-order chi connectivity index (χ1) is 14.0. The molecule has 0 aromatic heterocycles. The molecule has 2 fully saturated rings. The van der Waals surface area contributed by atoms with E-state index in [1.807, 2.05) is 11.0 Å². The van der Waals surface area contributed by atoms with Crippen LogP contribution in [0.5, 0.6) is 0 Å². The quantitative estimate of drug-likeness (QED) is 0.699. The molecule has 2 aliphatic heterocycles. The van der Waals surface area contributed by atoms with Crippen LogP contribution in [0.3, 0.4) is 0 Å². The molecule has 0 N–H and O–H groups in total. The van der Waals surface area contributed by atoms with E-state index in [9.17, 15) is 9.18 Å². The summed E-state index contributed by atoms with van der Waals surface area (Å²) >= 11 is 0. The minimum atomic E-state index is -0.236. The Kier molecular flexibility index (Phi) is 8.04. The van der Waals surface area contributed by atoms with Gasteiger partial charge in [0, 0.05) is 31.2 Å². The number of ether oxygens (including phenoxy) is 1. The van der Waals surface area contributed by atoms with E-state index in [4.69, 9.17) is 4.74 Å². The van der Waals surface area contributed by atoms with E-state index in [0.29, 0.717) is 30.6 Å². The molecule has 5 nitrogen and oxygen atoms in total. The van der Waals surface area contributed by atoms with Gasteiger partial charge in [0.15, 0.2) is 0 Å². The first-order valence-electron chi connectivity index (χ1n) is 11.1. The molecule has 6 heteroatoms. The molecule has 2 heterocycles. The number of likely N-dealkylation sites (tertiary alicyclic amines) is 1. The van der Waals surface area contributed by atoms with Gasteiger partial charge in [-0.1, -0.05) is 39.0 Å². The Morgan fingerprint density at radius 3 is 2.55 bits per heavy atom. The third-order valence-corrected chi connectivity index (χ3v) is 6.09. The van der Waals surface area contributed by atoms with Crippen LogP contribution in [0.4, 0.5) is 4.39 Å². The Bertz CT molecular complexity index is 661. The number of amides is 1. The number of halogens is 1. The molecule has 1 aromatic carbocycles. The summed E-state index contributed by atoms with van der Waals surface area (Å²) in [5, 5.41) is 0. The Labute approximate surface area is 174 Å². The zero-order valence-corrected chi connectivity index (χ0v) is 18.1. The lowest BCUT2D eigenvalue weighted by Gasteiger charge is -2.38. The average molecular weight is 406 g/mol. The molecular weight excluding hydrogens is 369 g/mol. The van der Waals surface area contributed by atoms with Gasteiger partial charge in [-0.25, -0.2) is 4.39 Å². The summed E-state index contributed by atoms with van der Waals surface area (Å²) in [5.41, 5.74) is 0.571. The molecular formula is C23H36FN3O2. The molecule has 162 valence electrons. The molecule has 0 bridgehead atoms. The first kappa shape index (κ1) is 22.2. The van der Waals surface area contributed by atoms with Crippen LogP contribution in [-0.4, -0.2) is 78.6 Å². The van der Waals surface area contributed by atoms with Crippen LogP contribution in [0.15, 0.2) is 24.3 Å². The molecule has 1 atom stereocenters. The number of benzene rings is 1. The van der Waals surface area contributed by atoms with Gasteiger partial charge in [0.1, 0.15) is 5.82 Å². The van der Waals surface area contributed by atoms with Gasteiger partial charge in [-0.3, -0.25) is 9.69 Å². The predicted molar refractivity (Wildman–Crippen MR) is 113 cm³/mol. The standard InChI is InChI=1S/C23H36FN3O2/c1-4-25-11-9-20(10-12-25)26-14-21(15-27(13-18(2)3)23(28)16-26)29-17-19-7-5-6-8-22(19)24/h5-8,18,20-21H,4,9-17H2,1-3H3/t21-/m0/s1. The number of carbonyl (C=O) groups excluding carboxylic acids is 1. The second kappa shape index (κ2) is 10.5. The van der Waals surface area contributed by atoms with Crippen LogP contribution in [0.1, 0.15) is 39.2 Å². The summed E-state index contributed by atoms with van der Waals surface area (Å²) in [5.74, 6) is 0.360. The molecule has 3 rings (SSSR count). The summed E-state index contributed by atoms with van der Waals surface area (Å²) in [4.78, 5) is 19.7. The van der Waals surface area contributed by atoms with Crippen molar-refractivity contribution < 1.29 is 13.9 Å². The minimum Gasteiger partial charge on any atom is -0.370 e. The second-order valence-corrected chi connectivity index (χ2v) is 8.81. The van der Waals surface area contributed by atoms with Crippen LogP contribution in [0.25, 0.3) is 0 Å². The van der Waals surface area contributed by atoms with E-state index in [-0.39, 0.29) is 24.4 Å². The molecule has 1 aromatic rings. The van der Waals surface area contributed by atoms with Crippen molar-refractivity contribution in [3.05, 3.63) is 35.6 Å². The third kappa shape index (κ3) is 6.24. The van der Waals surface area contributed by atoms with Crippen LogP contribution >= 0.6 is 0 Å². The number of hydrogen-bond donors (Lipinski definition) is 0. The van der Waals surface area contributed by atoms with E-state index in [2.05, 4.69) is 30.6 Å². The van der Waals surface area contributed by atoms with Gasteiger partial charge in [0.05, 0.1) is 19.3 Å². The maximum atomic E-state index is 14.0. The molecule has 0 spiro atoms. The number of rotatable bonds is 7. The second-order valence-electron chi connectivity index (χ2n) is 8.81. The Morgan fingerprint density at radius 1 is 1.17 bits per heavy atom. The lowest BCUT2D eigenvalue weighted by molar-refractivity contribution is -0.132. The molecule has 1 amide bonds. The van der Waals surface area contributed by atoms with Gasteiger partial charge in [0.2, 0.25) is 5.91 Å². The van der Waals surface area contributed by atoms with Crippen molar-refractivity contribution in [3.8, 4) is 0 Å². The third-order valence-electron chi connectivity index (χ3n) is 6.09. The fourth-order valence-electron chi connectivity index (χ4n) is 4.43. The van der Waals surface area contributed by atoms with Gasteiger partial charge in [-0.15, -0.1) is 0 Å². The highest BCUT2D eigenvalue weighted by molar-refractivity contribution is 5.78. The van der Waals surface area contributed by atoms with Gasteiger partial charge in [-0.05, 0) is 44.5 Å². The van der Waals surface area contributed by atoms with Crippen LogP contribution in [-0.2, 0) is 16.1 Å². The van der Waals surface area contributed by atoms with E-state index in [0.717, 1.165) is 45.6 Å². The molecule has 2 saturated heterocycles. The highest BCUT2D eigenvalue weighted by Gasteiger charge is 2.33. The normalized spacial score (nSPS) is 23.0. The smallest absolute Gasteiger partial charge is 0.236 e.